The summed E-state index contributed by atoms with van der Waals surface area (Å²) in [5.41, 5.74) is 0.932. The van der Waals surface area contributed by atoms with Gasteiger partial charge in [0, 0.05) is 11.1 Å². The summed E-state index contributed by atoms with van der Waals surface area (Å²) in [4.78, 5) is 15.9. The highest BCUT2D eigenvalue weighted by atomic mass is 32.2. The molecule has 100 valence electrons. The molecule has 0 spiro atoms. The summed E-state index contributed by atoms with van der Waals surface area (Å²) in [6, 6.07) is 0. The number of hydrogen-bond acceptors (Lipinski definition) is 6. The van der Waals surface area contributed by atoms with Crippen molar-refractivity contribution in [3.05, 3.63) is 11.1 Å². The summed E-state index contributed by atoms with van der Waals surface area (Å²) < 4.78 is 23.9. The summed E-state index contributed by atoms with van der Waals surface area (Å²) in [5, 5.41) is 3.80. The van der Waals surface area contributed by atoms with Crippen molar-refractivity contribution in [3.8, 4) is 0 Å². The molecule has 1 atom stereocenters. The first-order valence-corrected chi connectivity index (χ1v) is 9.11. The second kappa shape index (κ2) is 5.58. The van der Waals surface area contributed by atoms with E-state index in [9.17, 15) is 13.2 Å². The van der Waals surface area contributed by atoms with Crippen molar-refractivity contribution in [1.29, 1.82) is 0 Å². The molecule has 1 aromatic rings. The van der Waals surface area contributed by atoms with Crippen LogP contribution in [0.2, 0.25) is 0 Å². The van der Waals surface area contributed by atoms with Gasteiger partial charge in [-0.1, -0.05) is 11.8 Å². The fourth-order valence-corrected chi connectivity index (χ4v) is 5.05. The maximum Gasteiger partial charge on any atom is 0.231 e. The van der Waals surface area contributed by atoms with Gasteiger partial charge in [-0.25, -0.2) is 13.4 Å². The summed E-state index contributed by atoms with van der Waals surface area (Å²) >= 11 is 2.82. The lowest BCUT2D eigenvalue weighted by Crippen LogP contribution is -2.38. The fraction of sp³-hybridized carbons (Fsp3) is 0.600. The van der Waals surface area contributed by atoms with Crippen LogP contribution >= 0.6 is 23.1 Å². The molecule has 1 aliphatic rings. The minimum atomic E-state index is -3.12. The van der Waals surface area contributed by atoms with E-state index in [0.717, 1.165) is 10.0 Å². The monoisotopic (exact) mass is 306 g/mol. The van der Waals surface area contributed by atoms with Crippen LogP contribution in [0.4, 0.5) is 0 Å². The van der Waals surface area contributed by atoms with E-state index >= 15 is 0 Å². The van der Waals surface area contributed by atoms with Crippen molar-refractivity contribution in [2.75, 3.05) is 11.5 Å². The number of hydrogen-bond donors (Lipinski definition) is 1. The third-order valence-electron chi connectivity index (χ3n) is 2.58. The lowest BCUT2D eigenvalue weighted by molar-refractivity contribution is -0.118. The Kier molecular flexibility index (Phi) is 4.29. The van der Waals surface area contributed by atoms with Crippen molar-refractivity contribution >= 4 is 38.8 Å². The van der Waals surface area contributed by atoms with Gasteiger partial charge in [0.2, 0.25) is 5.91 Å². The molecule has 1 fully saturated rings. The SMILES string of the molecule is Cc1csc(SCC(=O)N[C@@H]2CCCS2(=O)=O)n1. The van der Waals surface area contributed by atoms with Gasteiger partial charge < -0.3 is 5.32 Å². The first-order chi connectivity index (χ1) is 8.47. The number of aryl methyl sites for hydroxylation is 1. The van der Waals surface area contributed by atoms with Gasteiger partial charge >= 0.3 is 0 Å². The molecule has 0 aliphatic carbocycles. The van der Waals surface area contributed by atoms with Crippen molar-refractivity contribution < 1.29 is 13.2 Å². The van der Waals surface area contributed by atoms with Gasteiger partial charge in [-0.05, 0) is 19.8 Å². The summed E-state index contributed by atoms with van der Waals surface area (Å²) in [5.74, 6) is 0.138. The van der Waals surface area contributed by atoms with E-state index in [2.05, 4.69) is 10.3 Å². The van der Waals surface area contributed by atoms with Crippen LogP contribution in [0.25, 0.3) is 0 Å². The molecule has 0 saturated carbocycles. The summed E-state index contributed by atoms with van der Waals surface area (Å²) in [7, 11) is -3.12. The molecule has 18 heavy (non-hydrogen) atoms. The molecule has 2 rings (SSSR count). The largest absolute Gasteiger partial charge is 0.339 e. The molecule has 8 heteroatoms. The highest BCUT2D eigenvalue weighted by Crippen LogP contribution is 2.22. The van der Waals surface area contributed by atoms with E-state index < -0.39 is 15.2 Å². The third-order valence-corrected chi connectivity index (χ3v) is 6.79. The zero-order valence-corrected chi connectivity index (χ0v) is 12.3. The third kappa shape index (κ3) is 3.46. The predicted octanol–water partition coefficient (Wildman–Crippen LogP) is 1.19. The molecular formula is C10H14N2O3S3. The number of carbonyl (C=O) groups excluding carboxylic acids is 1. The Morgan fingerprint density at radius 2 is 2.44 bits per heavy atom. The van der Waals surface area contributed by atoms with Crippen LogP contribution in [0.5, 0.6) is 0 Å². The highest BCUT2D eigenvalue weighted by Gasteiger charge is 2.32. The lowest BCUT2D eigenvalue weighted by Gasteiger charge is -2.11. The molecule has 0 radical (unpaired) electrons. The van der Waals surface area contributed by atoms with Crippen LogP contribution in [-0.2, 0) is 14.6 Å². The Morgan fingerprint density at radius 1 is 1.67 bits per heavy atom. The minimum Gasteiger partial charge on any atom is -0.339 e. The average molecular weight is 306 g/mol. The second-order valence-electron chi connectivity index (χ2n) is 4.11. The van der Waals surface area contributed by atoms with Gasteiger partial charge in [0.05, 0.1) is 11.5 Å². The van der Waals surface area contributed by atoms with Crippen LogP contribution in [0, 0.1) is 6.92 Å². The predicted molar refractivity (Wildman–Crippen MR) is 72.5 cm³/mol. The topological polar surface area (TPSA) is 76.1 Å². The molecule has 0 unspecified atom stereocenters. The number of nitrogens with one attached hydrogen (secondary N) is 1. The smallest absolute Gasteiger partial charge is 0.231 e. The van der Waals surface area contributed by atoms with Crippen molar-refractivity contribution in [2.24, 2.45) is 0 Å². The summed E-state index contributed by atoms with van der Waals surface area (Å²) in [6.45, 7) is 1.89. The van der Waals surface area contributed by atoms with Gasteiger partial charge in [0.1, 0.15) is 5.37 Å². The van der Waals surface area contributed by atoms with Gasteiger partial charge in [0.15, 0.2) is 14.2 Å². The van der Waals surface area contributed by atoms with E-state index in [-0.39, 0.29) is 17.4 Å². The van der Waals surface area contributed by atoms with Gasteiger partial charge in [0.25, 0.3) is 0 Å². The molecule has 1 N–H and O–H groups in total. The van der Waals surface area contributed by atoms with Crippen LogP contribution in [0.15, 0.2) is 9.72 Å². The Labute approximate surface area is 114 Å². The van der Waals surface area contributed by atoms with Crippen molar-refractivity contribution in [1.82, 2.24) is 10.3 Å². The zero-order chi connectivity index (χ0) is 13.2. The van der Waals surface area contributed by atoms with E-state index in [1.165, 1.54) is 23.1 Å². The van der Waals surface area contributed by atoms with E-state index in [0.29, 0.717) is 12.8 Å². The van der Waals surface area contributed by atoms with Crippen molar-refractivity contribution in [3.63, 3.8) is 0 Å². The maximum atomic E-state index is 11.6. The van der Waals surface area contributed by atoms with Crippen LogP contribution in [0.3, 0.4) is 0 Å². The fourth-order valence-electron chi connectivity index (χ4n) is 1.70. The molecule has 1 saturated heterocycles. The quantitative estimate of drug-likeness (QED) is 0.846. The molecule has 5 nitrogen and oxygen atoms in total. The first kappa shape index (κ1) is 13.8. The first-order valence-electron chi connectivity index (χ1n) is 5.53. The van der Waals surface area contributed by atoms with Crippen LogP contribution < -0.4 is 5.32 Å². The molecule has 1 aliphatic heterocycles. The molecule has 1 amide bonds. The standard InChI is InChI=1S/C10H14N2O3S3/c1-7-5-16-10(11-7)17-6-8(13)12-9-3-2-4-18(9,14)15/h5,9H,2-4,6H2,1H3,(H,12,13)/t9-/m0/s1. The molecule has 2 heterocycles. The number of amides is 1. The van der Waals surface area contributed by atoms with E-state index in [4.69, 9.17) is 0 Å². The summed E-state index contributed by atoms with van der Waals surface area (Å²) in [6.07, 6.45) is 1.15. The average Bonchev–Trinajstić information content (AvgIpc) is 2.83. The number of rotatable bonds is 4. The van der Waals surface area contributed by atoms with Gasteiger partial charge in [-0.2, -0.15) is 0 Å². The Morgan fingerprint density at radius 3 is 3.00 bits per heavy atom. The normalized spacial score (nSPS) is 21.9. The van der Waals surface area contributed by atoms with Crippen LogP contribution in [0.1, 0.15) is 18.5 Å². The molecular weight excluding hydrogens is 292 g/mol. The Hall–Kier alpha value is -0.600. The van der Waals surface area contributed by atoms with E-state index in [1.54, 1.807) is 0 Å². The van der Waals surface area contributed by atoms with Gasteiger partial charge in [-0.3, -0.25) is 4.79 Å². The number of sulfone groups is 1. The second-order valence-corrected chi connectivity index (χ2v) is 8.49. The molecule has 1 aromatic heterocycles. The van der Waals surface area contributed by atoms with Gasteiger partial charge in [-0.15, -0.1) is 11.3 Å². The van der Waals surface area contributed by atoms with Crippen LogP contribution in [-0.4, -0.2) is 36.2 Å². The molecule has 0 aromatic carbocycles. The number of aromatic nitrogens is 1. The zero-order valence-electron chi connectivity index (χ0n) is 9.88. The minimum absolute atomic E-state index is 0.177. The number of thioether (sulfide) groups is 1. The highest BCUT2D eigenvalue weighted by molar-refractivity contribution is 8.01. The Bertz CT molecular complexity index is 538. The lowest BCUT2D eigenvalue weighted by atomic mass is 10.3. The van der Waals surface area contributed by atoms with Crippen molar-refractivity contribution in [2.45, 2.75) is 29.5 Å². The number of carbonyl (C=O) groups is 1. The Balaban J connectivity index is 1.82. The number of thiazole rings is 1. The molecule has 0 bridgehead atoms. The maximum absolute atomic E-state index is 11.6. The van der Waals surface area contributed by atoms with E-state index in [1.807, 2.05) is 12.3 Å². The number of nitrogens with zero attached hydrogens (tertiary/aromatic N) is 1.